The lowest BCUT2D eigenvalue weighted by Crippen LogP contribution is -2.45. The standard InChI is InChI=1S/C30H28Cl2N4O5/c1-38-29(37)18-9-7-17(8-10-18)28-33-30(41-35-28)36-19-11-12-20(36)14-21(13-19)39-15-22-26(34-40-27(22)16-5-6-16)25-23(31)3-2-4-24(25)32/h2-4,7-10,16,19-21H,5-6,11-15H2,1H3/t19-,20+,21+. The molecule has 3 aliphatic rings. The predicted molar refractivity (Wildman–Crippen MR) is 152 cm³/mol. The number of esters is 1. The van der Waals surface area contributed by atoms with Crippen LogP contribution in [-0.4, -0.2) is 46.6 Å². The van der Waals surface area contributed by atoms with Crippen molar-refractivity contribution in [2.45, 2.75) is 69.2 Å². The largest absolute Gasteiger partial charge is 0.465 e. The van der Waals surface area contributed by atoms with Crippen molar-refractivity contribution in [3.05, 3.63) is 69.4 Å². The van der Waals surface area contributed by atoms with Crippen LogP contribution < -0.4 is 4.90 Å². The number of hydrogen-bond acceptors (Lipinski definition) is 9. The second kappa shape index (κ2) is 10.8. The average Bonchev–Trinajstić information content (AvgIpc) is 3.45. The number of rotatable bonds is 8. The third-order valence-corrected chi connectivity index (χ3v) is 8.95. The Bertz CT molecular complexity index is 1550. The number of piperidine rings is 1. The number of fused-ring (bicyclic) bond motifs is 2. The van der Waals surface area contributed by atoms with Gasteiger partial charge in [0.2, 0.25) is 5.82 Å². The lowest BCUT2D eigenvalue weighted by atomic mass is 9.99. The first kappa shape index (κ1) is 26.5. The molecule has 7 rings (SSSR count). The molecule has 2 aromatic heterocycles. The van der Waals surface area contributed by atoms with E-state index in [0.717, 1.165) is 55.4 Å². The lowest BCUT2D eigenvalue weighted by molar-refractivity contribution is 0.0138. The van der Waals surface area contributed by atoms with Gasteiger partial charge in [0.05, 0.1) is 35.4 Å². The van der Waals surface area contributed by atoms with Crippen LogP contribution in [0.4, 0.5) is 6.01 Å². The van der Waals surface area contributed by atoms with Crippen molar-refractivity contribution >= 4 is 35.2 Å². The Morgan fingerprint density at radius 2 is 1.68 bits per heavy atom. The summed E-state index contributed by atoms with van der Waals surface area (Å²) in [4.78, 5) is 18.7. The first-order valence-corrected chi connectivity index (χ1v) is 14.6. The van der Waals surface area contributed by atoms with Crippen LogP contribution in [0.3, 0.4) is 0 Å². The normalized spacial score (nSPS) is 21.8. The zero-order valence-electron chi connectivity index (χ0n) is 22.4. The average molecular weight is 595 g/mol. The summed E-state index contributed by atoms with van der Waals surface area (Å²) < 4.78 is 22.8. The molecule has 11 heteroatoms. The molecule has 0 spiro atoms. The van der Waals surface area contributed by atoms with Crippen molar-refractivity contribution in [1.82, 2.24) is 15.3 Å². The summed E-state index contributed by atoms with van der Waals surface area (Å²) in [6.07, 6.45) is 6.04. The number of carbonyl (C=O) groups is 1. The van der Waals surface area contributed by atoms with Crippen LogP contribution in [0.2, 0.25) is 10.0 Å². The van der Waals surface area contributed by atoms with E-state index in [1.807, 2.05) is 18.2 Å². The quantitative estimate of drug-likeness (QED) is 0.198. The van der Waals surface area contributed by atoms with Crippen molar-refractivity contribution < 1.29 is 23.3 Å². The van der Waals surface area contributed by atoms with E-state index in [-0.39, 0.29) is 24.2 Å². The van der Waals surface area contributed by atoms with Crippen molar-refractivity contribution in [1.29, 1.82) is 0 Å². The molecule has 2 aliphatic heterocycles. The molecule has 0 amide bonds. The van der Waals surface area contributed by atoms with E-state index in [2.05, 4.69) is 15.2 Å². The fourth-order valence-electron chi connectivity index (χ4n) is 6.14. The smallest absolute Gasteiger partial charge is 0.337 e. The maximum absolute atomic E-state index is 11.7. The molecule has 0 N–H and O–H groups in total. The Morgan fingerprint density at radius 1 is 0.976 bits per heavy atom. The van der Waals surface area contributed by atoms with Gasteiger partial charge in [-0.15, -0.1) is 0 Å². The molecule has 41 heavy (non-hydrogen) atoms. The van der Waals surface area contributed by atoms with E-state index in [0.29, 0.717) is 51.2 Å². The van der Waals surface area contributed by atoms with Gasteiger partial charge in [0, 0.05) is 34.7 Å². The van der Waals surface area contributed by atoms with Gasteiger partial charge in [0.15, 0.2) is 0 Å². The fraction of sp³-hybridized carbons (Fsp3) is 0.400. The Hall–Kier alpha value is -3.40. The lowest BCUT2D eigenvalue weighted by Gasteiger charge is -2.37. The molecule has 3 fully saturated rings. The number of methoxy groups -OCH3 is 1. The Labute approximate surface area is 246 Å². The van der Waals surface area contributed by atoms with Crippen LogP contribution in [0.25, 0.3) is 22.6 Å². The van der Waals surface area contributed by atoms with Crippen LogP contribution in [-0.2, 0) is 16.1 Å². The molecule has 212 valence electrons. The molecule has 3 atom stereocenters. The summed E-state index contributed by atoms with van der Waals surface area (Å²) in [6, 6.07) is 13.4. The number of carbonyl (C=O) groups excluding carboxylic acids is 1. The van der Waals surface area contributed by atoms with Crippen molar-refractivity contribution in [2.75, 3.05) is 12.0 Å². The van der Waals surface area contributed by atoms with Crippen molar-refractivity contribution in [2.24, 2.45) is 0 Å². The molecular formula is C30H28Cl2N4O5. The van der Waals surface area contributed by atoms with Crippen LogP contribution in [0.5, 0.6) is 0 Å². The number of aromatic nitrogens is 3. The minimum atomic E-state index is -0.385. The Balaban J connectivity index is 1.05. The SMILES string of the molecule is COC(=O)c1ccc(-c2noc(N3[C@@H]4CC[C@H]3C[C@@H](OCc3c(-c5c(Cl)cccc5Cl)noc3C3CC3)C4)n2)cc1. The van der Waals surface area contributed by atoms with E-state index in [1.165, 1.54) is 7.11 Å². The van der Waals surface area contributed by atoms with E-state index in [4.69, 9.17) is 46.7 Å². The van der Waals surface area contributed by atoms with E-state index in [1.54, 1.807) is 24.3 Å². The molecule has 1 aliphatic carbocycles. The maximum Gasteiger partial charge on any atom is 0.337 e. The highest BCUT2D eigenvalue weighted by Gasteiger charge is 2.44. The number of nitrogens with zero attached hydrogens (tertiary/aromatic N) is 4. The van der Waals surface area contributed by atoms with Crippen molar-refractivity contribution in [3.63, 3.8) is 0 Å². The number of hydrogen-bond donors (Lipinski definition) is 0. The molecule has 2 bridgehead atoms. The topological polar surface area (TPSA) is 104 Å². The fourth-order valence-corrected chi connectivity index (χ4v) is 6.71. The first-order chi connectivity index (χ1) is 20.0. The Kier molecular flexibility index (Phi) is 6.97. The van der Waals surface area contributed by atoms with Gasteiger partial charge in [0.25, 0.3) is 0 Å². The highest BCUT2D eigenvalue weighted by atomic mass is 35.5. The number of halogens is 2. The van der Waals surface area contributed by atoms with E-state index < -0.39 is 0 Å². The van der Waals surface area contributed by atoms with Gasteiger partial charge >= 0.3 is 12.0 Å². The minimum Gasteiger partial charge on any atom is -0.465 e. The summed E-state index contributed by atoms with van der Waals surface area (Å²) >= 11 is 13.1. The molecule has 2 saturated heterocycles. The monoisotopic (exact) mass is 594 g/mol. The van der Waals surface area contributed by atoms with Crippen molar-refractivity contribution in [3.8, 4) is 22.6 Å². The second-order valence-electron chi connectivity index (χ2n) is 10.9. The third kappa shape index (κ3) is 5.00. The third-order valence-electron chi connectivity index (χ3n) is 8.32. The zero-order chi connectivity index (χ0) is 28.1. The molecule has 0 unspecified atom stereocenters. The molecule has 2 aromatic carbocycles. The first-order valence-electron chi connectivity index (χ1n) is 13.9. The zero-order valence-corrected chi connectivity index (χ0v) is 23.9. The highest BCUT2D eigenvalue weighted by molar-refractivity contribution is 6.39. The van der Waals surface area contributed by atoms with Crippen LogP contribution in [0.15, 0.2) is 51.5 Å². The maximum atomic E-state index is 11.7. The molecule has 0 radical (unpaired) electrons. The second-order valence-corrected chi connectivity index (χ2v) is 11.7. The predicted octanol–water partition coefficient (Wildman–Crippen LogP) is 7.08. The van der Waals surface area contributed by atoms with Gasteiger partial charge in [0.1, 0.15) is 11.5 Å². The van der Waals surface area contributed by atoms with Gasteiger partial charge in [-0.05, 0) is 62.8 Å². The molecule has 9 nitrogen and oxygen atoms in total. The van der Waals surface area contributed by atoms with E-state index in [9.17, 15) is 4.79 Å². The summed E-state index contributed by atoms with van der Waals surface area (Å²) in [7, 11) is 1.36. The number of ether oxygens (including phenoxy) is 2. The Morgan fingerprint density at radius 3 is 2.34 bits per heavy atom. The molecule has 1 saturated carbocycles. The van der Waals surface area contributed by atoms with E-state index >= 15 is 0 Å². The van der Waals surface area contributed by atoms with Gasteiger partial charge < -0.3 is 23.4 Å². The van der Waals surface area contributed by atoms with Gasteiger partial charge in [-0.25, -0.2) is 4.79 Å². The number of anilines is 1. The summed E-state index contributed by atoms with van der Waals surface area (Å²) in [5.74, 6) is 1.36. The van der Waals surface area contributed by atoms with Gasteiger partial charge in [-0.1, -0.05) is 51.7 Å². The summed E-state index contributed by atoms with van der Waals surface area (Å²) in [6.45, 7) is 0.391. The molecule has 4 aromatic rings. The van der Waals surface area contributed by atoms with Gasteiger partial charge in [-0.3, -0.25) is 0 Å². The molecular weight excluding hydrogens is 567 g/mol. The minimum absolute atomic E-state index is 0.0773. The summed E-state index contributed by atoms with van der Waals surface area (Å²) in [5, 5.41) is 9.68. The number of benzene rings is 2. The summed E-state index contributed by atoms with van der Waals surface area (Å²) in [5.41, 5.74) is 3.54. The highest BCUT2D eigenvalue weighted by Crippen LogP contribution is 2.47. The van der Waals surface area contributed by atoms with Gasteiger partial charge in [-0.2, -0.15) is 4.98 Å². The van der Waals surface area contributed by atoms with Crippen LogP contribution >= 0.6 is 23.2 Å². The van der Waals surface area contributed by atoms with Crippen LogP contribution in [0, 0.1) is 0 Å². The molecule has 4 heterocycles. The van der Waals surface area contributed by atoms with Crippen LogP contribution in [0.1, 0.15) is 66.1 Å².